The van der Waals surface area contributed by atoms with Gasteiger partial charge in [-0.15, -0.1) is 0 Å². The molecule has 1 aliphatic carbocycles. The monoisotopic (exact) mass is 240 g/mol. The maximum Gasteiger partial charge on any atom is 0.240 e. The molecule has 1 heterocycles. The molecule has 1 N–H and O–H groups in total. The average molecular weight is 240 g/mol. The van der Waals surface area contributed by atoms with Gasteiger partial charge in [-0.05, 0) is 12.8 Å². The Hall–Kier alpha value is -0.940. The number of nitrogens with one attached hydrogen (secondary N) is 1. The van der Waals surface area contributed by atoms with Crippen LogP contribution in [0, 0.1) is 0 Å². The lowest BCUT2D eigenvalue weighted by Gasteiger charge is -2.27. The number of ether oxygens (including phenoxy) is 1. The van der Waals surface area contributed by atoms with Gasteiger partial charge in [0.1, 0.15) is 0 Å². The Balaban J connectivity index is 1.64. The Kier molecular flexibility index (Phi) is 4.50. The van der Waals surface area contributed by atoms with Gasteiger partial charge < -0.3 is 4.74 Å². The van der Waals surface area contributed by atoms with Gasteiger partial charge >= 0.3 is 0 Å². The molecule has 0 aromatic heterocycles. The first-order valence-corrected chi connectivity index (χ1v) is 6.40. The molecule has 0 spiro atoms. The molecule has 0 bridgehead atoms. The summed E-state index contributed by atoms with van der Waals surface area (Å²) in [5.74, 6) is -0.419. The van der Waals surface area contributed by atoms with Crippen LogP contribution in [0.15, 0.2) is 0 Å². The minimum atomic E-state index is -0.209. The Labute approximate surface area is 101 Å². The molecular formula is C12H20N2O3. The Morgan fingerprint density at radius 1 is 1.12 bits per heavy atom. The van der Waals surface area contributed by atoms with Gasteiger partial charge in [0.2, 0.25) is 11.8 Å². The van der Waals surface area contributed by atoms with Crippen molar-refractivity contribution in [1.82, 2.24) is 10.2 Å². The number of carbonyl (C=O) groups excluding carboxylic acids is 2. The first-order valence-electron chi connectivity index (χ1n) is 6.40. The summed E-state index contributed by atoms with van der Waals surface area (Å²) in [6.07, 6.45) is 6.53. The van der Waals surface area contributed by atoms with Crippen molar-refractivity contribution >= 4 is 11.8 Å². The van der Waals surface area contributed by atoms with Crippen molar-refractivity contribution in [2.45, 2.75) is 38.2 Å². The number of carbonyl (C=O) groups is 2. The maximum absolute atomic E-state index is 11.1. The van der Waals surface area contributed by atoms with Gasteiger partial charge in [-0.25, -0.2) is 0 Å². The van der Waals surface area contributed by atoms with Crippen LogP contribution in [0.3, 0.4) is 0 Å². The van der Waals surface area contributed by atoms with Crippen LogP contribution in [0.2, 0.25) is 0 Å². The van der Waals surface area contributed by atoms with Crippen LogP contribution in [0.4, 0.5) is 0 Å². The zero-order chi connectivity index (χ0) is 12.1. The highest BCUT2D eigenvalue weighted by molar-refractivity contribution is 5.99. The second kappa shape index (κ2) is 6.12. The molecule has 5 nitrogen and oxygen atoms in total. The van der Waals surface area contributed by atoms with Crippen molar-refractivity contribution in [3.05, 3.63) is 0 Å². The van der Waals surface area contributed by atoms with E-state index in [-0.39, 0.29) is 11.8 Å². The number of amides is 2. The number of nitrogens with zero attached hydrogens (tertiary/aromatic N) is 1. The van der Waals surface area contributed by atoms with Crippen molar-refractivity contribution < 1.29 is 14.3 Å². The largest absolute Gasteiger partial charge is 0.377 e. The standard InChI is InChI=1S/C12H20N2O3/c15-11-8-14(9-12(16)13-11)6-7-17-10-4-2-1-3-5-10/h10H,1-9H2,(H,13,15,16). The predicted molar refractivity (Wildman–Crippen MR) is 62.4 cm³/mol. The Bertz CT molecular complexity index is 271. The molecule has 2 fully saturated rings. The summed E-state index contributed by atoms with van der Waals surface area (Å²) < 4.78 is 5.77. The SMILES string of the molecule is O=C1CN(CCOC2CCCCC2)CC(=O)N1. The zero-order valence-electron chi connectivity index (χ0n) is 10.1. The Morgan fingerprint density at radius 3 is 2.41 bits per heavy atom. The summed E-state index contributed by atoms with van der Waals surface area (Å²) in [5.41, 5.74) is 0. The average Bonchev–Trinajstić information content (AvgIpc) is 2.29. The topological polar surface area (TPSA) is 58.6 Å². The van der Waals surface area contributed by atoms with E-state index in [1.54, 1.807) is 0 Å². The molecule has 1 saturated carbocycles. The van der Waals surface area contributed by atoms with Gasteiger partial charge in [-0.3, -0.25) is 19.8 Å². The summed E-state index contributed by atoms with van der Waals surface area (Å²) in [5, 5.41) is 2.29. The second-order valence-electron chi connectivity index (χ2n) is 4.81. The Morgan fingerprint density at radius 2 is 1.76 bits per heavy atom. The lowest BCUT2D eigenvalue weighted by Crippen LogP contribution is -2.52. The normalized spacial score (nSPS) is 23.8. The number of piperazine rings is 1. The first-order chi connectivity index (χ1) is 8.24. The van der Waals surface area contributed by atoms with Crippen LogP contribution in [-0.4, -0.2) is 49.1 Å². The molecule has 96 valence electrons. The number of hydrogen-bond acceptors (Lipinski definition) is 4. The van der Waals surface area contributed by atoms with Crippen molar-refractivity contribution in [3.8, 4) is 0 Å². The van der Waals surface area contributed by atoms with Crippen LogP contribution in [0.1, 0.15) is 32.1 Å². The number of hydrogen-bond donors (Lipinski definition) is 1. The maximum atomic E-state index is 11.1. The molecule has 0 aromatic carbocycles. The van der Waals surface area contributed by atoms with Crippen LogP contribution >= 0.6 is 0 Å². The number of imide groups is 1. The predicted octanol–water partition coefficient (Wildman–Crippen LogP) is 0.294. The zero-order valence-corrected chi connectivity index (χ0v) is 10.1. The van der Waals surface area contributed by atoms with E-state index in [1.165, 1.54) is 19.3 Å². The van der Waals surface area contributed by atoms with Crippen molar-refractivity contribution in [3.63, 3.8) is 0 Å². The third-order valence-corrected chi connectivity index (χ3v) is 3.33. The van der Waals surface area contributed by atoms with E-state index < -0.39 is 0 Å². The van der Waals surface area contributed by atoms with Gasteiger partial charge in [0, 0.05) is 6.54 Å². The summed E-state index contributed by atoms with van der Waals surface area (Å²) in [6, 6.07) is 0. The van der Waals surface area contributed by atoms with Crippen molar-refractivity contribution in [1.29, 1.82) is 0 Å². The molecule has 2 amide bonds. The smallest absolute Gasteiger partial charge is 0.240 e. The van der Waals surface area contributed by atoms with E-state index in [4.69, 9.17) is 4.74 Å². The molecule has 0 radical (unpaired) electrons. The van der Waals surface area contributed by atoms with E-state index in [0.29, 0.717) is 32.3 Å². The van der Waals surface area contributed by atoms with Crippen molar-refractivity contribution in [2.75, 3.05) is 26.2 Å². The summed E-state index contributed by atoms with van der Waals surface area (Å²) >= 11 is 0. The molecule has 0 unspecified atom stereocenters. The van der Waals surface area contributed by atoms with Crippen LogP contribution in [0.25, 0.3) is 0 Å². The first kappa shape index (κ1) is 12.5. The molecule has 5 heteroatoms. The molecule has 2 aliphatic rings. The fourth-order valence-corrected chi connectivity index (χ4v) is 2.44. The van der Waals surface area contributed by atoms with Crippen LogP contribution < -0.4 is 5.32 Å². The molecule has 1 saturated heterocycles. The molecule has 17 heavy (non-hydrogen) atoms. The highest BCUT2D eigenvalue weighted by Crippen LogP contribution is 2.20. The molecule has 1 aliphatic heterocycles. The minimum absolute atomic E-state index is 0.209. The minimum Gasteiger partial charge on any atom is -0.377 e. The fourth-order valence-electron chi connectivity index (χ4n) is 2.44. The summed E-state index contributed by atoms with van der Waals surface area (Å²) in [6.45, 7) is 1.89. The second-order valence-corrected chi connectivity index (χ2v) is 4.81. The third-order valence-electron chi connectivity index (χ3n) is 3.33. The van der Waals surface area contributed by atoms with Gasteiger partial charge in [0.05, 0.1) is 25.8 Å². The lowest BCUT2D eigenvalue weighted by atomic mass is 9.98. The lowest BCUT2D eigenvalue weighted by molar-refractivity contribution is -0.136. The molecule has 2 rings (SSSR count). The van der Waals surface area contributed by atoms with E-state index in [1.807, 2.05) is 4.90 Å². The van der Waals surface area contributed by atoms with Gasteiger partial charge in [-0.1, -0.05) is 19.3 Å². The quantitative estimate of drug-likeness (QED) is 0.718. The highest BCUT2D eigenvalue weighted by atomic mass is 16.5. The van der Waals surface area contributed by atoms with Crippen LogP contribution in [-0.2, 0) is 14.3 Å². The summed E-state index contributed by atoms with van der Waals surface area (Å²) in [7, 11) is 0. The van der Waals surface area contributed by atoms with E-state index in [2.05, 4.69) is 5.32 Å². The van der Waals surface area contributed by atoms with Crippen LogP contribution in [0.5, 0.6) is 0 Å². The van der Waals surface area contributed by atoms with E-state index >= 15 is 0 Å². The van der Waals surface area contributed by atoms with Crippen molar-refractivity contribution in [2.24, 2.45) is 0 Å². The fraction of sp³-hybridized carbons (Fsp3) is 0.833. The van der Waals surface area contributed by atoms with Gasteiger partial charge in [0.25, 0.3) is 0 Å². The summed E-state index contributed by atoms with van der Waals surface area (Å²) in [4.78, 5) is 24.1. The van der Waals surface area contributed by atoms with E-state index in [0.717, 1.165) is 12.8 Å². The third kappa shape index (κ3) is 4.09. The molecule has 0 atom stereocenters. The highest BCUT2D eigenvalue weighted by Gasteiger charge is 2.22. The number of rotatable bonds is 4. The molecular weight excluding hydrogens is 220 g/mol. The van der Waals surface area contributed by atoms with Gasteiger partial charge in [0.15, 0.2) is 0 Å². The van der Waals surface area contributed by atoms with E-state index in [9.17, 15) is 9.59 Å². The van der Waals surface area contributed by atoms with Gasteiger partial charge in [-0.2, -0.15) is 0 Å². The molecule has 0 aromatic rings.